The Morgan fingerprint density at radius 1 is 1.22 bits per heavy atom. The van der Waals surface area contributed by atoms with Crippen LogP contribution in [0.4, 0.5) is 5.69 Å². The fourth-order valence-corrected chi connectivity index (χ4v) is 3.87. The molecule has 2 aliphatic carbocycles. The first-order valence-electron chi connectivity index (χ1n) is 10.7. The van der Waals surface area contributed by atoms with Crippen LogP contribution in [0.2, 0.25) is 0 Å². The minimum Gasteiger partial charge on any atom is -0.384 e. The van der Waals surface area contributed by atoms with Crippen LogP contribution in [0.1, 0.15) is 50.5 Å². The van der Waals surface area contributed by atoms with Crippen molar-refractivity contribution >= 4 is 23.3 Å². The molecule has 0 aromatic heterocycles. The summed E-state index contributed by atoms with van der Waals surface area (Å²) in [6.07, 6.45) is 11.7. The van der Waals surface area contributed by atoms with Crippen LogP contribution >= 0.6 is 0 Å². The molecule has 3 rings (SSSR count). The number of carbonyl (C=O) groups excluding carboxylic acids is 2. The average Bonchev–Trinajstić information content (AvgIpc) is 3.62. The van der Waals surface area contributed by atoms with E-state index in [2.05, 4.69) is 27.9 Å². The molecule has 0 aliphatic heterocycles. The van der Waals surface area contributed by atoms with Gasteiger partial charge in [0.2, 0.25) is 5.91 Å². The molecule has 2 aliphatic rings. The summed E-state index contributed by atoms with van der Waals surface area (Å²) in [7, 11) is 0. The van der Waals surface area contributed by atoms with Crippen molar-refractivity contribution in [2.75, 3.05) is 5.32 Å². The summed E-state index contributed by atoms with van der Waals surface area (Å²) in [4.78, 5) is 23.8. The molecule has 1 aromatic carbocycles. The normalized spacial score (nSPS) is 22.7. The molecule has 0 unspecified atom stereocenters. The summed E-state index contributed by atoms with van der Waals surface area (Å²) < 4.78 is 0. The number of carbonyl (C=O) groups is 2. The third kappa shape index (κ3) is 5.89. The molecule has 0 saturated heterocycles. The van der Waals surface area contributed by atoms with Crippen LogP contribution in [-0.4, -0.2) is 29.2 Å². The zero-order chi connectivity index (χ0) is 23.1. The van der Waals surface area contributed by atoms with Gasteiger partial charge in [-0.05, 0) is 62.8 Å². The summed E-state index contributed by atoms with van der Waals surface area (Å²) in [6, 6.07) is 10.2. The molecular weight excluding hydrogens is 404 g/mol. The van der Waals surface area contributed by atoms with Gasteiger partial charge in [0.05, 0.1) is 18.1 Å². The molecule has 0 atom stereocenters. The van der Waals surface area contributed by atoms with Crippen molar-refractivity contribution in [3.8, 4) is 18.4 Å². The van der Waals surface area contributed by atoms with Gasteiger partial charge in [-0.2, -0.15) is 5.26 Å². The van der Waals surface area contributed by atoms with E-state index < -0.39 is 11.4 Å². The van der Waals surface area contributed by atoms with Gasteiger partial charge in [0.1, 0.15) is 5.84 Å². The van der Waals surface area contributed by atoms with E-state index in [1.54, 1.807) is 0 Å². The maximum absolute atomic E-state index is 11.9. The molecule has 8 nitrogen and oxygen atoms in total. The van der Waals surface area contributed by atoms with Crippen molar-refractivity contribution in [2.45, 2.75) is 56.5 Å². The molecule has 2 fully saturated rings. The zero-order valence-corrected chi connectivity index (χ0v) is 17.9. The van der Waals surface area contributed by atoms with Crippen LogP contribution in [-0.2, 0) is 9.59 Å². The van der Waals surface area contributed by atoms with E-state index in [1.165, 1.54) is 6.20 Å². The van der Waals surface area contributed by atoms with Crippen molar-refractivity contribution in [1.82, 2.24) is 10.6 Å². The number of rotatable bonds is 8. The predicted octanol–water partition coefficient (Wildman–Crippen LogP) is 2.14. The SMILES string of the molecule is C#Cc1ccc(NC2CCC(CC#N)(N/C=C(\C(=N)NC(=O)C3CC3)C(N)=O)CC2)cc1. The number of hydrogen-bond acceptors (Lipinski definition) is 6. The van der Waals surface area contributed by atoms with Crippen molar-refractivity contribution in [3.05, 3.63) is 41.6 Å². The van der Waals surface area contributed by atoms with E-state index in [4.69, 9.17) is 17.6 Å². The molecule has 166 valence electrons. The third-order valence-electron chi connectivity index (χ3n) is 6.04. The molecule has 0 spiro atoms. The summed E-state index contributed by atoms with van der Waals surface area (Å²) >= 11 is 0. The average molecular weight is 433 g/mol. The van der Waals surface area contributed by atoms with Crippen molar-refractivity contribution < 1.29 is 9.59 Å². The zero-order valence-electron chi connectivity index (χ0n) is 17.9. The van der Waals surface area contributed by atoms with Gasteiger partial charge in [-0.25, -0.2) is 0 Å². The Labute approximate surface area is 188 Å². The number of primary amides is 1. The number of benzene rings is 1. The Bertz CT molecular complexity index is 987. The van der Waals surface area contributed by atoms with Crippen molar-refractivity contribution in [1.29, 1.82) is 10.7 Å². The van der Waals surface area contributed by atoms with Crippen molar-refractivity contribution in [2.24, 2.45) is 11.7 Å². The fourth-order valence-electron chi connectivity index (χ4n) is 3.87. The molecular formula is C24H28N6O2. The van der Waals surface area contributed by atoms with Crippen LogP contribution in [0.25, 0.3) is 0 Å². The highest BCUT2D eigenvalue weighted by Gasteiger charge is 2.35. The van der Waals surface area contributed by atoms with Crippen LogP contribution < -0.4 is 21.7 Å². The lowest BCUT2D eigenvalue weighted by Gasteiger charge is -2.40. The van der Waals surface area contributed by atoms with Crippen LogP contribution in [0.15, 0.2) is 36.0 Å². The minimum absolute atomic E-state index is 0.0899. The van der Waals surface area contributed by atoms with E-state index >= 15 is 0 Å². The molecule has 2 saturated carbocycles. The Balaban J connectivity index is 1.62. The summed E-state index contributed by atoms with van der Waals surface area (Å²) in [6.45, 7) is 0. The van der Waals surface area contributed by atoms with Crippen molar-refractivity contribution in [3.63, 3.8) is 0 Å². The van der Waals surface area contributed by atoms with Gasteiger partial charge >= 0.3 is 0 Å². The highest BCUT2D eigenvalue weighted by molar-refractivity contribution is 6.22. The summed E-state index contributed by atoms with van der Waals surface area (Å²) in [5.41, 5.74) is 6.62. The molecule has 6 N–H and O–H groups in total. The standard InChI is InChI=1S/C24H28N6O2/c1-2-16-3-7-18(8-4-16)29-19-9-11-24(12-10-19,13-14-25)28-15-20(22(27)31)21(26)30-23(32)17-5-6-17/h1,3-4,7-8,15,17,19,28-29H,5-6,9-13H2,(H2,27,31)(H2,26,30,32)/b20-15+. The van der Waals surface area contributed by atoms with Gasteiger partial charge in [-0.3, -0.25) is 15.0 Å². The van der Waals surface area contributed by atoms with E-state index in [-0.39, 0.29) is 35.7 Å². The second-order valence-corrected chi connectivity index (χ2v) is 8.46. The van der Waals surface area contributed by atoms with E-state index in [1.807, 2.05) is 24.3 Å². The second-order valence-electron chi connectivity index (χ2n) is 8.46. The topological polar surface area (TPSA) is 144 Å². The smallest absolute Gasteiger partial charge is 0.253 e. The number of nitrogens with two attached hydrogens (primary N) is 1. The van der Waals surface area contributed by atoms with E-state index in [0.29, 0.717) is 12.8 Å². The number of amidine groups is 1. The molecule has 0 radical (unpaired) electrons. The Hall–Kier alpha value is -3.78. The van der Waals surface area contributed by atoms with Gasteiger partial charge in [-0.15, -0.1) is 6.42 Å². The lowest BCUT2D eigenvalue weighted by molar-refractivity contribution is -0.120. The minimum atomic E-state index is -0.809. The fraction of sp³-hybridized carbons (Fsp3) is 0.417. The number of anilines is 1. The first kappa shape index (κ1) is 22.9. The molecule has 8 heteroatoms. The maximum Gasteiger partial charge on any atom is 0.253 e. The highest BCUT2D eigenvalue weighted by Crippen LogP contribution is 2.33. The van der Waals surface area contributed by atoms with Gasteiger partial charge in [-0.1, -0.05) is 5.92 Å². The molecule has 0 heterocycles. The summed E-state index contributed by atoms with van der Waals surface area (Å²) in [5.74, 6) is 1.11. The summed E-state index contributed by atoms with van der Waals surface area (Å²) in [5, 5.41) is 26.6. The highest BCUT2D eigenvalue weighted by atomic mass is 16.2. The largest absolute Gasteiger partial charge is 0.384 e. The first-order valence-corrected chi connectivity index (χ1v) is 10.7. The van der Waals surface area contributed by atoms with E-state index in [9.17, 15) is 14.9 Å². The molecule has 1 aromatic rings. The van der Waals surface area contributed by atoms with Gasteiger partial charge < -0.3 is 21.7 Å². The van der Waals surface area contributed by atoms with Gasteiger partial charge in [0, 0.05) is 34.9 Å². The quantitative estimate of drug-likeness (QED) is 0.185. The van der Waals surface area contributed by atoms with Gasteiger partial charge in [0.15, 0.2) is 0 Å². The van der Waals surface area contributed by atoms with E-state index in [0.717, 1.165) is 36.9 Å². The number of nitrogens with one attached hydrogen (secondary N) is 4. The Morgan fingerprint density at radius 2 is 1.88 bits per heavy atom. The second kappa shape index (κ2) is 10.0. The number of hydrogen-bond donors (Lipinski definition) is 5. The molecule has 0 bridgehead atoms. The van der Waals surface area contributed by atoms with Gasteiger partial charge in [0.25, 0.3) is 5.91 Å². The first-order chi connectivity index (χ1) is 15.4. The van der Waals surface area contributed by atoms with Crippen LogP contribution in [0.5, 0.6) is 0 Å². The van der Waals surface area contributed by atoms with Crippen LogP contribution in [0, 0.1) is 35.0 Å². The van der Waals surface area contributed by atoms with Crippen LogP contribution in [0.3, 0.4) is 0 Å². The lowest BCUT2D eigenvalue weighted by atomic mass is 9.77. The number of terminal acetylenes is 1. The molecule has 2 amide bonds. The number of nitrogens with zero attached hydrogens (tertiary/aromatic N) is 1. The third-order valence-corrected chi connectivity index (χ3v) is 6.04. The monoisotopic (exact) mass is 432 g/mol. The Kier molecular flexibility index (Phi) is 7.17. The number of nitriles is 1. The maximum atomic E-state index is 11.9. The molecule has 32 heavy (non-hydrogen) atoms. The predicted molar refractivity (Wildman–Crippen MR) is 122 cm³/mol. The Morgan fingerprint density at radius 3 is 2.41 bits per heavy atom. The number of amides is 2. The lowest BCUT2D eigenvalue weighted by Crippen LogP contribution is -2.48.